The Kier molecular flexibility index (Phi) is 3.04. The third kappa shape index (κ3) is 1.92. The zero-order chi connectivity index (χ0) is 16.0. The molecule has 0 bridgehead atoms. The smallest absolute Gasteiger partial charge is 0.257 e. The Labute approximate surface area is 134 Å². The molecule has 118 valence electrons. The van der Waals surface area contributed by atoms with E-state index in [0.717, 1.165) is 11.3 Å². The van der Waals surface area contributed by atoms with E-state index < -0.39 is 5.41 Å². The minimum Gasteiger partial charge on any atom is -0.469 e. The highest BCUT2D eigenvalue weighted by molar-refractivity contribution is 6.07. The first kappa shape index (κ1) is 14.1. The van der Waals surface area contributed by atoms with Crippen LogP contribution in [0.25, 0.3) is 0 Å². The van der Waals surface area contributed by atoms with Crippen LogP contribution >= 0.6 is 0 Å². The fourth-order valence-corrected chi connectivity index (χ4v) is 3.74. The predicted octanol–water partition coefficient (Wildman–Crippen LogP) is 2.58. The van der Waals surface area contributed by atoms with Crippen molar-refractivity contribution in [1.29, 1.82) is 0 Å². The van der Waals surface area contributed by atoms with Crippen molar-refractivity contribution in [2.24, 2.45) is 0 Å². The number of amides is 2. The van der Waals surface area contributed by atoms with E-state index in [4.69, 9.17) is 4.42 Å². The lowest BCUT2D eigenvalue weighted by Crippen LogP contribution is -2.39. The van der Waals surface area contributed by atoms with Crippen LogP contribution < -0.4 is 5.32 Å². The number of nitrogens with one attached hydrogen (secondary N) is 1. The van der Waals surface area contributed by atoms with Gasteiger partial charge >= 0.3 is 0 Å². The van der Waals surface area contributed by atoms with E-state index in [1.165, 1.54) is 0 Å². The van der Waals surface area contributed by atoms with E-state index in [0.29, 0.717) is 37.3 Å². The molecule has 1 unspecified atom stereocenters. The van der Waals surface area contributed by atoms with Gasteiger partial charge in [-0.2, -0.15) is 0 Å². The number of rotatable bonds is 2. The number of anilines is 1. The minimum atomic E-state index is -0.609. The van der Waals surface area contributed by atoms with Crippen LogP contribution in [0.3, 0.4) is 0 Å². The summed E-state index contributed by atoms with van der Waals surface area (Å²) in [6, 6.07) is 9.47. The molecule has 2 aliphatic rings. The summed E-state index contributed by atoms with van der Waals surface area (Å²) in [7, 11) is 0. The third-order valence-corrected chi connectivity index (χ3v) is 4.98. The van der Waals surface area contributed by atoms with E-state index >= 15 is 0 Å². The Morgan fingerprint density at radius 1 is 1.35 bits per heavy atom. The summed E-state index contributed by atoms with van der Waals surface area (Å²) in [6.07, 6.45) is 2.88. The normalized spacial score (nSPS) is 22.5. The van der Waals surface area contributed by atoms with Crippen LogP contribution in [0.5, 0.6) is 0 Å². The molecule has 4 rings (SSSR count). The molecule has 0 aliphatic carbocycles. The van der Waals surface area contributed by atoms with Crippen molar-refractivity contribution in [3.63, 3.8) is 0 Å². The van der Waals surface area contributed by atoms with Crippen LogP contribution in [0.4, 0.5) is 5.69 Å². The molecule has 5 heteroatoms. The number of furan rings is 1. The molecule has 1 fully saturated rings. The zero-order valence-electron chi connectivity index (χ0n) is 13.0. The lowest BCUT2D eigenvalue weighted by Gasteiger charge is -2.22. The van der Waals surface area contributed by atoms with Crippen molar-refractivity contribution in [2.75, 3.05) is 18.4 Å². The third-order valence-electron chi connectivity index (χ3n) is 4.98. The van der Waals surface area contributed by atoms with Crippen LogP contribution in [-0.2, 0) is 16.6 Å². The highest BCUT2D eigenvalue weighted by atomic mass is 16.3. The van der Waals surface area contributed by atoms with Gasteiger partial charge in [0.2, 0.25) is 5.91 Å². The Hall–Kier alpha value is -2.56. The van der Waals surface area contributed by atoms with Crippen LogP contribution in [0.1, 0.15) is 35.0 Å². The SMILES string of the molecule is CCc1occc1C(=O)N1CCC2(C1)C(=O)Nc1ccccc12. The first-order valence-corrected chi connectivity index (χ1v) is 7.92. The maximum absolute atomic E-state index is 12.8. The number of nitrogens with zero attached hydrogens (tertiary/aromatic N) is 1. The number of fused-ring (bicyclic) bond motifs is 2. The highest BCUT2D eigenvalue weighted by Crippen LogP contribution is 2.44. The maximum Gasteiger partial charge on any atom is 0.257 e. The molecule has 5 nitrogen and oxygen atoms in total. The van der Waals surface area contributed by atoms with Gasteiger partial charge in [0.1, 0.15) is 5.76 Å². The van der Waals surface area contributed by atoms with Crippen LogP contribution in [0.2, 0.25) is 0 Å². The molecule has 0 radical (unpaired) electrons. The van der Waals surface area contributed by atoms with Gasteiger partial charge < -0.3 is 14.6 Å². The molecule has 1 aromatic heterocycles. The van der Waals surface area contributed by atoms with Crippen LogP contribution in [0.15, 0.2) is 41.0 Å². The number of hydrogen-bond acceptors (Lipinski definition) is 3. The molecule has 2 aliphatic heterocycles. The topological polar surface area (TPSA) is 62.6 Å². The lowest BCUT2D eigenvalue weighted by molar-refractivity contribution is -0.120. The average molecular weight is 310 g/mol. The number of carbonyl (C=O) groups is 2. The zero-order valence-corrected chi connectivity index (χ0v) is 13.0. The predicted molar refractivity (Wildman–Crippen MR) is 85.4 cm³/mol. The van der Waals surface area contributed by atoms with Gasteiger partial charge in [-0.15, -0.1) is 0 Å². The first-order chi connectivity index (χ1) is 11.2. The number of para-hydroxylation sites is 1. The van der Waals surface area contributed by atoms with Crippen LogP contribution in [0, 0.1) is 0 Å². The van der Waals surface area contributed by atoms with Gasteiger partial charge in [-0.05, 0) is 24.1 Å². The van der Waals surface area contributed by atoms with Gasteiger partial charge in [-0.25, -0.2) is 0 Å². The molecule has 1 atom stereocenters. The number of carbonyl (C=O) groups excluding carboxylic acids is 2. The Morgan fingerprint density at radius 2 is 2.17 bits per heavy atom. The lowest BCUT2D eigenvalue weighted by atomic mass is 9.81. The molecule has 1 spiro atoms. The van der Waals surface area contributed by atoms with Crippen molar-refractivity contribution >= 4 is 17.5 Å². The van der Waals surface area contributed by atoms with Crippen molar-refractivity contribution < 1.29 is 14.0 Å². The summed E-state index contributed by atoms with van der Waals surface area (Å²) >= 11 is 0. The number of hydrogen-bond donors (Lipinski definition) is 1. The molecule has 1 N–H and O–H groups in total. The second-order valence-electron chi connectivity index (χ2n) is 6.17. The van der Waals surface area contributed by atoms with Gasteiger partial charge in [0, 0.05) is 25.2 Å². The molecule has 0 saturated carbocycles. The quantitative estimate of drug-likeness (QED) is 0.927. The Morgan fingerprint density at radius 3 is 3.00 bits per heavy atom. The molecular formula is C18H18N2O3. The molecule has 2 amide bonds. The van der Waals surface area contributed by atoms with Crippen molar-refractivity contribution in [1.82, 2.24) is 4.90 Å². The molecule has 23 heavy (non-hydrogen) atoms. The van der Waals surface area contributed by atoms with Gasteiger partial charge in [0.15, 0.2) is 0 Å². The standard InChI is InChI=1S/C18H18N2O3/c1-2-15-12(7-10-23-15)16(21)20-9-8-18(11-20)13-5-3-4-6-14(13)19-17(18)22/h3-7,10H,2,8-9,11H2,1H3,(H,19,22). The van der Waals surface area contributed by atoms with Gasteiger partial charge in [-0.1, -0.05) is 25.1 Å². The minimum absolute atomic E-state index is 0.00286. The van der Waals surface area contributed by atoms with Crippen molar-refractivity contribution in [3.05, 3.63) is 53.5 Å². The maximum atomic E-state index is 12.8. The summed E-state index contributed by atoms with van der Waals surface area (Å²) in [5.41, 5.74) is 1.87. The van der Waals surface area contributed by atoms with E-state index in [-0.39, 0.29) is 11.8 Å². The molecular weight excluding hydrogens is 292 g/mol. The van der Waals surface area contributed by atoms with Crippen molar-refractivity contribution in [3.8, 4) is 0 Å². The Bertz CT molecular complexity index is 795. The number of benzene rings is 1. The monoisotopic (exact) mass is 310 g/mol. The molecule has 1 aromatic carbocycles. The van der Waals surface area contributed by atoms with E-state index in [2.05, 4.69) is 5.32 Å². The van der Waals surface area contributed by atoms with E-state index in [9.17, 15) is 9.59 Å². The number of likely N-dealkylation sites (tertiary alicyclic amines) is 1. The molecule has 3 heterocycles. The highest BCUT2D eigenvalue weighted by Gasteiger charge is 2.52. The second kappa shape index (κ2) is 4.98. The Balaban J connectivity index is 1.65. The number of aryl methyl sites for hydroxylation is 1. The first-order valence-electron chi connectivity index (χ1n) is 7.92. The average Bonchev–Trinajstić information content (AvgIpc) is 3.27. The fraction of sp³-hybridized carbons (Fsp3) is 0.333. The van der Waals surface area contributed by atoms with Gasteiger partial charge in [0.05, 0.1) is 17.2 Å². The molecule has 1 saturated heterocycles. The van der Waals surface area contributed by atoms with Gasteiger partial charge in [-0.3, -0.25) is 9.59 Å². The summed E-state index contributed by atoms with van der Waals surface area (Å²) in [5, 5.41) is 2.95. The summed E-state index contributed by atoms with van der Waals surface area (Å²) in [4.78, 5) is 27.1. The second-order valence-corrected chi connectivity index (χ2v) is 6.17. The van der Waals surface area contributed by atoms with E-state index in [1.54, 1.807) is 17.2 Å². The fourth-order valence-electron chi connectivity index (χ4n) is 3.74. The van der Waals surface area contributed by atoms with Crippen LogP contribution in [-0.4, -0.2) is 29.8 Å². The van der Waals surface area contributed by atoms with Gasteiger partial charge in [0.25, 0.3) is 5.91 Å². The molecule has 2 aromatic rings. The largest absolute Gasteiger partial charge is 0.469 e. The van der Waals surface area contributed by atoms with E-state index in [1.807, 2.05) is 31.2 Å². The summed E-state index contributed by atoms with van der Waals surface area (Å²) in [5.74, 6) is 0.647. The summed E-state index contributed by atoms with van der Waals surface area (Å²) < 4.78 is 5.36. The van der Waals surface area contributed by atoms with Crippen molar-refractivity contribution in [2.45, 2.75) is 25.2 Å². The summed E-state index contributed by atoms with van der Waals surface area (Å²) in [6.45, 7) is 2.96.